The van der Waals surface area contributed by atoms with Crippen LogP contribution in [0.3, 0.4) is 0 Å². The minimum absolute atomic E-state index is 0.337. The van der Waals surface area contributed by atoms with Gasteiger partial charge in [-0.2, -0.15) is 0 Å². The van der Waals surface area contributed by atoms with E-state index in [1.165, 1.54) is 71.6 Å². The van der Waals surface area contributed by atoms with Gasteiger partial charge in [-0.15, -0.1) is 0 Å². The highest BCUT2D eigenvalue weighted by molar-refractivity contribution is 5.66. The van der Waals surface area contributed by atoms with Crippen LogP contribution >= 0.6 is 0 Å². The van der Waals surface area contributed by atoms with E-state index in [1.807, 2.05) is 0 Å². The molecule has 0 saturated carbocycles. The summed E-state index contributed by atoms with van der Waals surface area (Å²) in [4.78, 5) is 15.1. The van der Waals surface area contributed by atoms with Crippen molar-refractivity contribution in [1.29, 1.82) is 0 Å². The van der Waals surface area contributed by atoms with Crippen molar-refractivity contribution >= 4 is 5.97 Å². The summed E-state index contributed by atoms with van der Waals surface area (Å²) < 4.78 is 0. The van der Waals surface area contributed by atoms with Crippen molar-refractivity contribution < 1.29 is 9.90 Å². The van der Waals surface area contributed by atoms with Crippen LogP contribution in [0.25, 0.3) is 0 Å². The number of fused-ring (bicyclic) bond motifs is 6. The normalized spacial score (nSPS) is 25.2. The van der Waals surface area contributed by atoms with E-state index in [0.29, 0.717) is 6.42 Å². The largest absolute Gasteiger partial charge is 0.481 e. The monoisotopic (exact) mass is 299 g/mol. The number of aliphatic carboxylic acids is 1. The number of nitrogens with zero attached hydrogens (tertiary/aromatic N) is 2. The van der Waals surface area contributed by atoms with Crippen LogP contribution in [0.15, 0.2) is 0 Å². The van der Waals surface area contributed by atoms with Gasteiger partial charge in [0.05, 0.1) is 0 Å². The maximum Gasteiger partial charge on any atom is 0.303 e. The molecule has 21 heavy (non-hydrogen) atoms. The zero-order valence-corrected chi connectivity index (χ0v) is 13.6. The van der Waals surface area contributed by atoms with E-state index in [1.54, 1.807) is 0 Å². The van der Waals surface area contributed by atoms with Gasteiger partial charge in [-0.05, 0) is 6.42 Å². The van der Waals surface area contributed by atoms with Crippen LogP contribution in [0.5, 0.6) is 0 Å². The van der Waals surface area contributed by atoms with Gasteiger partial charge < -0.3 is 10.4 Å². The number of hydrogen-bond donors (Lipinski definition) is 2. The zero-order valence-electron chi connectivity index (χ0n) is 13.6. The summed E-state index contributed by atoms with van der Waals surface area (Å²) >= 11 is 0. The Morgan fingerprint density at radius 3 is 1.90 bits per heavy atom. The summed E-state index contributed by atoms with van der Waals surface area (Å²) in [6, 6.07) is 0. The minimum atomic E-state index is -0.670. The molecule has 0 unspecified atom stereocenters. The van der Waals surface area contributed by atoms with Crippen molar-refractivity contribution in [3.63, 3.8) is 0 Å². The molecular weight excluding hydrogens is 266 g/mol. The number of carbonyl (C=O) groups is 1. The summed E-state index contributed by atoms with van der Waals surface area (Å²) in [6.45, 7) is 12.1. The topological polar surface area (TPSA) is 55.8 Å². The maximum atomic E-state index is 10.0. The number of carboxylic acids is 1. The summed E-state index contributed by atoms with van der Waals surface area (Å²) in [7, 11) is 0. The van der Waals surface area contributed by atoms with Crippen LogP contribution in [0.2, 0.25) is 0 Å². The maximum absolute atomic E-state index is 10.0. The molecule has 3 rings (SSSR count). The molecule has 3 fully saturated rings. The molecule has 3 heterocycles. The lowest BCUT2D eigenvalue weighted by atomic mass is 10.1. The van der Waals surface area contributed by atoms with Gasteiger partial charge in [0.25, 0.3) is 0 Å². The van der Waals surface area contributed by atoms with Crippen LogP contribution in [-0.4, -0.2) is 73.2 Å². The summed E-state index contributed by atoms with van der Waals surface area (Å²) in [5.74, 6) is -0.670. The Labute approximate surface area is 129 Å². The second kappa shape index (κ2) is 12.0. The average molecular weight is 299 g/mol. The van der Waals surface area contributed by atoms with Crippen molar-refractivity contribution in [2.24, 2.45) is 0 Å². The first-order valence-electron chi connectivity index (χ1n) is 8.59. The highest BCUT2D eigenvalue weighted by Crippen LogP contribution is 2.04. The van der Waals surface area contributed by atoms with Gasteiger partial charge in [0.15, 0.2) is 0 Å². The van der Waals surface area contributed by atoms with Crippen molar-refractivity contribution in [3.8, 4) is 0 Å². The Morgan fingerprint density at radius 1 is 0.905 bits per heavy atom. The van der Waals surface area contributed by atoms with E-state index in [-0.39, 0.29) is 0 Å². The first-order valence-corrected chi connectivity index (χ1v) is 8.59. The summed E-state index contributed by atoms with van der Waals surface area (Å²) in [5.41, 5.74) is 0. The van der Waals surface area contributed by atoms with E-state index in [4.69, 9.17) is 5.11 Å². The highest BCUT2D eigenvalue weighted by Gasteiger charge is 2.17. The van der Waals surface area contributed by atoms with Gasteiger partial charge in [0.1, 0.15) is 0 Å². The molecule has 0 aromatic carbocycles. The molecular formula is C16H33N3O2. The molecule has 2 bridgehead atoms. The molecule has 5 nitrogen and oxygen atoms in total. The van der Waals surface area contributed by atoms with Crippen molar-refractivity contribution in [2.45, 2.75) is 45.4 Å². The molecule has 0 aliphatic carbocycles. The third-order valence-corrected chi connectivity index (χ3v) is 4.17. The molecule has 0 aromatic rings. The molecule has 3 aliphatic heterocycles. The third-order valence-electron chi connectivity index (χ3n) is 4.17. The third kappa shape index (κ3) is 9.82. The SMILES string of the molecule is C1CN2CCN(CCN1)CC2.CCCCCCCC(=O)O. The van der Waals surface area contributed by atoms with Gasteiger partial charge in [0, 0.05) is 58.8 Å². The number of piperazine rings is 1. The van der Waals surface area contributed by atoms with Crippen molar-refractivity contribution in [1.82, 2.24) is 15.1 Å². The molecule has 124 valence electrons. The number of unbranched alkanes of at least 4 members (excludes halogenated alkanes) is 4. The van der Waals surface area contributed by atoms with E-state index < -0.39 is 5.97 Å². The van der Waals surface area contributed by atoms with Crippen LogP contribution in [0.4, 0.5) is 0 Å². The fourth-order valence-corrected chi connectivity index (χ4v) is 2.72. The van der Waals surface area contributed by atoms with Gasteiger partial charge in [-0.1, -0.05) is 32.6 Å². The van der Waals surface area contributed by atoms with Crippen molar-refractivity contribution in [3.05, 3.63) is 0 Å². The Balaban J connectivity index is 0.000000212. The lowest BCUT2D eigenvalue weighted by molar-refractivity contribution is -0.137. The second-order valence-corrected chi connectivity index (χ2v) is 5.99. The van der Waals surface area contributed by atoms with E-state index in [2.05, 4.69) is 22.0 Å². The standard InChI is InChI=1S/C8H17N3.C8H16O2/c1-3-10-5-7-11(8-6-10)4-2-9-1;1-2-3-4-5-6-7-8(9)10/h9H,1-8H2;2-7H2,1H3,(H,9,10). The quantitative estimate of drug-likeness (QED) is 0.730. The molecule has 0 radical (unpaired) electrons. The highest BCUT2D eigenvalue weighted by atomic mass is 16.4. The smallest absolute Gasteiger partial charge is 0.303 e. The van der Waals surface area contributed by atoms with Crippen molar-refractivity contribution in [2.75, 3.05) is 52.4 Å². The lowest BCUT2D eigenvalue weighted by Crippen LogP contribution is -2.46. The van der Waals surface area contributed by atoms with Gasteiger partial charge >= 0.3 is 5.97 Å². The number of rotatable bonds is 6. The fourth-order valence-electron chi connectivity index (χ4n) is 2.72. The van der Waals surface area contributed by atoms with E-state index >= 15 is 0 Å². The lowest BCUT2D eigenvalue weighted by Gasteiger charge is -2.32. The van der Waals surface area contributed by atoms with Crippen LogP contribution in [-0.2, 0) is 4.79 Å². The molecule has 3 saturated heterocycles. The first kappa shape index (κ1) is 18.4. The van der Waals surface area contributed by atoms with E-state index in [9.17, 15) is 4.79 Å². The molecule has 5 heteroatoms. The first-order chi connectivity index (χ1) is 10.2. The number of carboxylic acid groups (broad SMARTS) is 1. The molecule has 0 atom stereocenters. The molecule has 0 aromatic heterocycles. The van der Waals surface area contributed by atoms with Gasteiger partial charge in [0.2, 0.25) is 0 Å². The predicted octanol–water partition coefficient (Wildman–Crippen LogP) is 1.64. The average Bonchev–Trinajstić information content (AvgIpc) is 2.66. The molecule has 0 spiro atoms. The van der Waals surface area contributed by atoms with Gasteiger partial charge in [-0.3, -0.25) is 14.6 Å². The van der Waals surface area contributed by atoms with Crippen LogP contribution < -0.4 is 5.32 Å². The van der Waals surface area contributed by atoms with Crippen LogP contribution in [0.1, 0.15) is 45.4 Å². The molecule has 2 N–H and O–H groups in total. The fraction of sp³-hybridized carbons (Fsp3) is 0.938. The summed E-state index contributed by atoms with van der Waals surface area (Å²) in [6.07, 6.45) is 5.88. The Kier molecular flexibility index (Phi) is 10.5. The minimum Gasteiger partial charge on any atom is -0.481 e. The summed E-state index contributed by atoms with van der Waals surface area (Å²) in [5, 5.41) is 11.7. The van der Waals surface area contributed by atoms with E-state index in [0.717, 1.165) is 12.8 Å². The van der Waals surface area contributed by atoms with Gasteiger partial charge in [-0.25, -0.2) is 0 Å². The van der Waals surface area contributed by atoms with Crippen LogP contribution in [0, 0.1) is 0 Å². The molecule has 3 aliphatic rings. The zero-order chi connectivity index (χ0) is 15.3. The second-order valence-electron chi connectivity index (χ2n) is 5.99. The Hall–Kier alpha value is -0.650. The molecule has 0 amide bonds. The predicted molar refractivity (Wildman–Crippen MR) is 86.8 cm³/mol. The number of nitrogens with one attached hydrogen (secondary N) is 1. The number of hydrogen-bond acceptors (Lipinski definition) is 4. The Bertz CT molecular complexity index is 247. The Morgan fingerprint density at radius 2 is 1.43 bits per heavy atom.